The van der Waals surface area contributed by atoms with Crippen LogP contribution >= 0.6 is 0 Å². The first-order valence-corrected chi connectivity index (χ1v) is 9.96. The SMILES string of the molecule is COCCN1C(=O)c2ccc(C(=O)N3CC(CN)CC3C)cc2S1(=O)=O. The minimum atomic E-state index is -3.96. The van der Waals surface area contributed by atoms with E-state index in [-0.39, 0.29) is 47.0 Å². The zero-order valence-electron chi connectivity index (χ0n) is 14.8. The second-order valence-corrected chi connectivity index (χ2v) is 8.56. The molecule has 2 N–H and O–H groups in total. The highest BCUT2D eigenvalue weighted by atomic mass is 32.2. The van der Waals surface area contributed by atoms with Gasteiger partial charge in [0, 0.05) is 25.3 Å². The van der Waals surface area contributed by atoms with E-state index in [0.29, 0.717) is 13.1 Å². The van der Waals surface area contributed by atoms with Crippen molar-refractivity contribution in [2.45, 2.75) is 24.3 Å². The molecule has 0 aliphatic carbocycles. The Bertz CT molecular complexity index is 839. The van der Waals surface area contributed by atoms with Crippen molar-refractivity contribution in [2.24, 2.45) is 11.7 Å². The Morgan fingerprint density at radius 1 is 1.38 bits per heavy atom. The number of hydrogen-bond donors (Lipinski definition) is 1. The zero-order valence-corrected chi connectivity index (χ0v) is 15.7. The third kappa shape index (κ3) is 3.00. The molecule has 2 atom stereocenters. The largest absolute Gasteiger partial charge is 0.383 e. The molecular formula is C17H23N3O5S. The topological polar surface area (TPSA) is 110 Å². The van der Waals surface area contributed by atoms with Crippen LogP contribution in [-0.2, 0) is 14.8 Å². The van der Waals surface area contributed by atoms with Crippen LogP contribution in [0.15, 0.2) is 23.1 Å². The molecular weight excluding hydrogens is 358 g/mol. The summed E-state index contributed by atoms with van der Waals surface area (Å²) in [6.07, 6.45) is 0.828. The summed E-state index contributed by atoms with van der Waals surface area (Å²) in [7, 11) is -2.53. The molecule has 2 amide bonds. The number of sulfonamides is 1. The Morgan fingerprint density at radius 2 is 2.12 bits per heavy atom. The van der Waals surface area contributed by atoms with Gasteiger partial charge in [-0.2, -0.15) is 0 Å². The van der Waals surface area contributed by atoms with Gasteiger partial charge in [-0.05, 0) is 44.0 Å². The Morgan fingerprint density at radius 3 is 2.73 bits per heavy atom. The fraction of sp³-hybridized carbons (Fsp3) is 0.529. The first-order chi connectivity index (χ1) is 12.3. The van der Waals surface area contributed by atoms with Crippen molar-refractivity contribution in [2.75, 3.05) is 33.4 Å². The third-order valence-corrected chi connectivity index (χ3v) is 6.83. The number of fused-ring (bicyclic) bond motifs is 1. The molecule has 26 heavy (non-hydrogen) atoms. The number of nitrogens with two attached hydrogens (primary N) is 1. The van der Waals surface area contributed by atoms with Crippen molar-refractivity contribution >= 4 is 21.8 Å². The average Bonchev–Trinajstić information content (AvgIpc) is 3.09. The third-order valence-electron chi connectivity index (χ3n) is 5.01. The summed E-state index contributed by atoms with van der Waals surface area (Å²) in [6.45, 7) is 3.07. The number of benzene rings is 1. The van der Waals surface area contributed by atoms with Crippen LogP contribution in [-0.4, -0.2) is 68.8 Å². The highest BCUT2D eigenvalue weighted by Gasteiger charge is 2.42. The molecule has 1 aromatic rings. The van der Waals surface area contributed by atoms with Crippen molar-refractivity contribution in [1.82, 2.24) is 9.21 Å². The standard InChI is InChI=1S/C17H23N3O5S/c1-11-7-12(9-18)10-19(11)16(21)13-3-4-14-15(8-13)26(23,24)20(17(14)22)5-6-25-2/h3-4,8,11-12H,5-7,9-10,18H2,1-2H3. The van der Waals surface area contributed by atoms with Crippen LogP contribution in [0.1, 0.15) is 34.1 Å². The number of rotatable bonds is 5. The highest BCUT2D eigenvalue weighted by Crippen LogP contribution is 2.32. The minimum absolute atomic E-state index is 0.0424. The fourth-order valence-electron chi connectivity index (χ4n) is 3.57. The zero-order chi connectivity index (χ0) is 19.1. The van der Waals surface area contributed by atoms with Gasteiger partial charge in [0.1, 0.15) is 4.90 Å². The van der Waals surface area contributed by atoms with Crippen molar-refractivity contribution in [3.63, 3.8) is 0 Å². The first-order valence-electron chi connectivity index (χ1n) is 8.52. The number of hydrogen-bond acceptors (Lipinski definition) is 6. The second-order valence-electron chi connectivity index (χ2n) is 6.73. The number of methoxy groups -OCH3 is 1. The van der Waals surface area contributed by atoms with Crippen LogP contribution in [0.4, 0.5) is 0 Å². The van der Waals surface area contributed by atoms with Crippen molar-refractivity contribution < 1.29 is 22.7 Å². The number of likely N-dealkylation sites (tertiary alicyclic amines) is 1. The van der Waals surface area contributed by atoms with Crippen molar-refractivity contribution in [1.29, 1.82) is 0 Å². The molecule has 0 aromatic heterocycles. The van der Waals surface area contributed by atoms with Crippen molar-refractivity contribution in [3.05, 3.63) is 29.3 Å². The Kier molecular flexibility index (Phi) is 5.05. The molecule has 142 valence electrons. The predicted molar refractivity (Wildman–Crippen MR) is 94.2 cm³/mol. The van der Waals surface area contributed by atoms with E-state index < -0.39 is 15.9 Å². The molecule has 0 spiro atoms. The summed E-state index contributed by atoms with van der Waals surface area (Å²) in [6, 6.07) is 4.27. The molecule has 1 aromatic carbocycles. The summed E-state index contributed by atoms with van der Waals surface area (Å²) < 4.78 is 31.0. The number of nitrogens with zero attached hydrogens (tertiary/aromatic N) is 2. The lowest BCUT2D eigenvalue weighted by Gasteiger charge is -2.21. The van der Waals surface area contributed by atoms with Gasteiger partial charge in [0.05, 0.1) is 18.7 Å². The van der Waals surface area contributed by atoms with Crippen LogP contribution in [0.5, 0.6) is 0 Å². The van der Waals surface area contributed by atoms with E-state index in [1.807, 2.05) is 6.92 Å². The highest BCUT2D eigenvalue weighted by molar-refractivity contribution is 7.90. The lowest BCUT2D eigenvalue weighted by atomic mass is 10.1. The predicted octanol–water partition coefficient (Wildman–Crippen LogP) is 0.287. The van der Waals surface area contributed by atoms with Gasteiger partial charge < -0.3 is 15.4 Å². The molecule has 2 aliphatic heterocycles. The number of carbonyl (C=O) groups excluding carboxylic acids is 2. The van der Waals surface area contributed by atoms with Gasteiger partial charge in [0.2, 0.25) is 0 Å². The van der Waals surface area contributed by atoms with E-state index in [0.717, 1.165) is 10.7 Å². The molecule has 2 aliphatic rings. The monoisotopic (exact) mass is 381 g/mol. The lowest BCUT2D eigenvalue weighted by molar-refractivity contribution is 0.0742. The van der Waals surface area contributed by atoms with Gasteiger partial charge in [0.25, 0.3) is 21.8 Å². The van der Waals surface area contributed by atoms with Crippen LogP contribution in [0.3, 0.4) is 0 Å². The second kappa shape index (κ2) is 6.98. The van der Waals surface area contributed by atoms with Crippen LogP contribution in [0.2, 0.25) is 0 Å². The summed E-state index contributed by atoms with van der Waals surface area (Å²) in [5.74, 6) is -0.582. The minimum Gasteiger partial charge on any atom is -0.383 e. The average molecular weight is 381 g/mol. The van der Waals surface area contributed by atoms with Crippen LogP contribution < -0.4 is 5.73 Å². The smallest absolute Gasteiger partial charge is 0.269 e. The molecule has 1 fully saturated rings. The number of ether oxygens (including phenoxy) is 1. The van der Waals surface area contributed by atoms with Crippen LogP contribution in [0, 0.1) is 5.92 Å². The Labute approximate surface area is 152 Å². The molecule has 9 heteroatoms. The molecule has 2 unspecified atom stereocenters. The van der Waals surface area contributed by atoms with Crippen LogP contribution in [0.25, 0.3) is 0 Å². The van der Waals surface area contributed by atoms with E-state index in [1.165, 1.54) is 25.3 Å². The first kappa shape index (κ1) is 18.8. The van der Waals surface area contributed by atoms with Gasteiger partial charge >= 0.3 is 0 Å². The molecule has 8 nitrogen and oxygen atoms in total. The summed E-state index contributed by atoms with van der Waals surface area (Å²) in [4.78, 5) is 26.8. The van der Waals surface area contributed by atoms with Gasteiger partial charge in [-0.25, -0.2) is 12.7 Å². The Balaban J connectivity index is 1.91. The molecule has 2 heterocycles. The molecule has 3 rings (SSSR count). The van der Waals surface area contributed by atoms with E-state index in [1.54, 1.807) is 4.90 Å². The maximum atomic E-state index is 12.8. The normalized spacial score (nSPS) is 24.2. The summed E-state index contributed by atoms with van der Waals surface area (Å²) in [5.41, 5.74) is 6.06. The van der Waals surface area contributed by atoms with E-state index >= 15 is 0 Å². The maximum Gasteiger partial charge on any atom is 0.269 e. The molecule has 0 saturated carbocycles. The van der Waals surface area contributed by atoms with Gasteiger partial charge in [-0.15, -0.1) is 0 Å². The van der Waals surface area contributed by atoms with Gasteiger partial charge in [0.15, 0.2) is 0 Å². The quantitative estimate of drug-likeness (QED) is 0.785. The maximum absolute atomic E-state index is 12.8. The summed E-state index contributed by atoms with van der Waals surface area (Å²) >= 11 is 0. The Hall–Kier alpha value is -1.97. The lowest BCUT2D eigenvalue weighted by Crippen LogP contribution is -2.34. The molecule has 0 bridgehead atoms. The fourth-order valence-corrected chi connectivity index (χ4v) is 5.14. The summed E-state index contributed by atoms with van der Waals surface area (Å²) in [5, 5.41) is 0. The van der Waals surface area contributed by atoms with E-state index in [2.05, 4.69) is 0 Å². The molecule has 0 radical (unpaired) electrons. The van der Waals surface area contributed by atoms with E-state index in [4.69, 9.17) is 10.5 Å². The van der Waals surface area contributed by atoms with Gasteiger partial charge in [-0.3, -0.25) is 9.59 Å². The van der Waals surface area contributed by atoms with Crippen molar-refractivity contribution in [3.8, 4) is 0 Å². The number of carbonyl (C=O) groups is 2. The molecule has 1 saturated heterocycles. The number of amides is 2. The van der Waals surface area contributed by atoms with Gasteiger partial charge in [-0.1, -0.05) is 0 Å². The van der Waals surface area contributed by atoms with E-state index in [9.17, 15) is 18.0 Å².